The largest absolute Gasteiger partial charge is 0.378 e. The summed E-state index contributed by atoms with van der Waals surface area (Å²) in [6.45, 7) is 2.31. The molecule has 16 heavy (non-hydrogen) atoms. The van der Waals surface area contributed by atoms with E-state index in [-0.39, 0.29) is 23.3 Å². The Morgan fingerprint density at radius 1 is 1.25 bits per heavy atom. The Labute approximate surface area is 95.7 Å². The zero-order valence-corrected chi connectivity index (χ0v) is 10.0. The lowest BCUT2D eigenvalue weighted by Gasteiger charge is -2.31. The van der Waals surface area contributed by atoms with Crippen molar-refractivity contribution in [2.75, 3.05) is 37.8 Å². The van der Waals surface area contributed by atoms with Crippen LogP contribution in [0.25, 0.3) is 0 Å². The topological polar surface area (TPSA) is 63.7 Å². The number of ether oxygens (including phenoxy) is 1. The first-order valence-electron chi connectivity index (χ1n) is 5.65. The molecule has 0 bridgehead atoms. The molecule has 1 amide bonds. The molecule has 2 saturated heterocycles. The number of amides is 1. The molecular formula is C10H17NO4S. The summed E-state index contributed by atoms with van der Waals surface area (Å²) in [5.41, 5.74) is 0. The second-order valence-corrected chi connectivity index (χ2v) is 6.62. The summed E-state index contributed by atoms with van der Waals surface area (Å²) in [5.74, 6) is -0.0632. The zero-order valence-electron chi connectivity index (χ0n) is 9.22. The van der Waals surface area contributed by atoms with Crippen molar-refractivity contribution in [3.63, 3.8) is 0 Å². The molecule has 0 saturated carbocycles. The second kappa shape index (κ2) is 4.71. The fraction of sp³-hybridized carbons (Fsp3) is 0.900. The van der Waals surface area contributed by atoms with Gasteiger partial charge in [-0.15, -0.1) is 0 Å². The van der Waals surface area contributed by atoms with Crippen LogP contribution in [0.2, 0.25) is 0 Å². The molecule has 0 aliphatic carbocycles. The highest BCUT2D eigenvalue weighted by Crippen LogP contribution is 2.20. The number of hydrogen-bond donors (Lipinski definition) is 0. The van der Waals surface area contributed by atoms with Gasteiger partial charge in [-0.25, -0.2) is 8.42 Å². The van der Waals surface area contributed by atoms with Crippen molar-refractivity contribution in [2.24, 2.45) is 5.92 Å². The Bertz CT molecular complexity index is 359. The van der Waals surface area contributed by atoms with Crippen LogP contribution < -0.4 is 0 Å². The van der Waals surface area contributed by atoms with E-state index in [2.05, 4.69) is 0 Å². The summed E-state index contributed by atoms with van der Waals surface area (Å²) in [7, 11) is -2.99. The summed E-state index contributed by atoms with van der Waals surface area (Å²) in [6.07, 6.45) is 1.32. The standard InChI is InChI=1S/C10H17NO4S/c12-10(11-3-5-15-6-4-11)9-2-1-7-16(13,14)8-9/h9H,1-8H2. The van der Waals surface area contributed by atoms with Crippen LogP contribution in [-0.4, -0.2) is 57.0 Å². The molecule has 2 rings (SSSR count). The quantitative estimate of drug-likeness (QED) is 0.636. The van der Waals surface area contributed by atoms with Gasteiger partial charge in [-0.1, -0.05) is 0 Å². The van der Waals surface area contributed by atoms with Crippen LogP contribution in [-0.2, 0) is 19.4 Å². The molecule has 0 aromatic rings. The Balaban J connectivity index is 1.98. The summed E-state index contributed by atoms with van der Waals surface area (Å²) < 4.78 is 28.1. The molecular weight excluding hydrogens is 230 g/mol. The van der Waals surface area contributed by atoms with E-state index >= 15 is 0 Å². The molecule has 2 fully saturated rings. The number of carbonyl (C=O) groups is 1. The highest BCUT2D eigenvalue weighted by atomic mass is 32.2. The minimum Gasteiger partial charge on any atom is -0.378 e. The van der Waals surface area contributed by atoms with Gasteiger partial charge in [-0.3, -0.25) is 4.79 Å². The molecule has 0 spiro atoms. The maximum absolute atomic E-state index is 12.0. The molecule has 2 aliphatic rings. The number of carbonyl (C=O) groups excluding carboxylic acids is 1. The zero-order chi connectivity index (χ0) is 11.6. The van der Waals surface area contributed by atoms with Gasteiger partial charge in [0.15, 0.2) is 9.84 Å². The molecule has 2 aliphatic heterocycles. The summed E-state index contributed by atoms with van der Waals surface area (Å²) in [4.78, 5) is 13.8. The first kappa shape index (κ1) is 11.9. The lowest BCUT2D eigenvalue weighted by atomic mass is 10.0. The van der Waals surface area contributed by atoms with E-state index < -0.39 is 9.84 Å². The van der Waals surface area contributed by atoms with Crippen molar-refractivity contribution in [1.82, 2.24) is 4.90 Å². The predicted molar refractivity (Wildman–Crippen MR) is 58.8 cm³/mol. The van der Waals surface area contributed by atoms with Crippen LogP contribution in [0.4, 0.5) is 0 Å². The summed E-state index contributed by atoms with van der Waals surface area (Å²) in [5, 5.41) is 0. The molecule has 0 radical (unpaired) electrons. The Hall–Kier alpha value is -0.620. The van der Waals surface area contributed by atoms with E-state index in [1.807, 2.05) is 0 Å². The average molecular weight is 247 g/mol. The molecule has 0 N–H and O–H groups in total. The number of rotatable bonds is 1. The number of nitrogens with zero attached hydrogens (tertiary/aromatic N) is 1. The molecule has 6 heteroatoms. The maximum atomic E-state index is 12.0. The minimum atomic E-state index is -2.99. The number of hydrogen-bond acceptors (Lipinski definition) is 4. The van der Waals surface area contributed by atoms with Gasteiger partial charge < -0.3 is 9.64 Å². The van der Waals surface area contributed by atoms with E-state index in [1.54, 1.807) is 4.90 Å². The highest BCUT2D eigenvalue weighted by molar-refractivity contribution is 7.91. The Morgan fingerprint density at radius 3 is 2.56 bits per heavy atom. The third-order valence-electron chi connectivity index (χ3n) is 3.14. The van der Waals surface area contributed by atoms with Crippen molar-refractivity contribution in [3.8, 4) is 0 Å². The molecule has 2 heterocycles. The normalized spacial score (nSPS) is 30.0. The van der Waals surface area contributed by atoms with Crippen molar-refractivity contribution < 1.29 is 17.9 Å². The fourth-order valence-electron chi connectivity index (χ4n) is 2.26. The van der Waals surface area contributed by atoms with E-state index in [0.717, 1.165) is 0 Å². The smallest absolute Gasteiger partial charge is 0.226 e. The lowest BCUT2D eigenvalue weighted by Crippen LogP contribution is -2.46. The Kier molecular flexibility index (Phi) is 3.49. The highest BCUT2D eigenvalue weighted by Gasteiger charge is 2.32. The van der Waals surface area contributed by atoms with E-state index in [1.165, 1.54) is 0 Å². The SMILES string of the molecule is O=C(C1CCCS(=O)(=O)C1)N1CCOCC1. The molecule has 0 aromatic carbocycles. The van der Waals surface area contributed by atoms with Crippen molar-refractivity contribution >= 4 is 15.7 Å². The van der Waals surface area contributed by atoms with Crippen LogP contribution in [0, 0.1) is 5.92 Å². The van der Waals surface area contributed by atoms with Crippen LogP contribution in [0.15, 0.2) is 0 Å². The molecule has 0 aromatic heterocycles. The fourth-order valence-corrected chi connectivity index (χ4v) is 3.95. The van der Waals surface area contributed by atoms with Crippen LogP contribution in [0.3, 0.4) is 0 Å². The maximum Gasteiger partial charge on any atom is 0.226 e. The lowest BCUT2D eigenvalue weighted by molar-refractivity contribution is -0.139. The van der Waals surface area contributed by atoms with Gasteiger partial charge in [0, 0.05) is 13.1 Å². The van der Waals surface area contributed by atoms with E-state index in [9.17, 15) is 13.2 Å². The molecule has 5 nitrogen and oxygen atoms in total. The van der Waals surface area contributed by atoms with Gasteiger partial charge in [0.1, 0.15) is 0 Å². The van der Waals surface area contributed by atoms with Crippen LogP contribution in [0.1, 0.15) is 12.8 Å². The average Bonchev–Trinajstić information content (AvgIpc) is 2.28. The second-order valence-electron chi connectivity index (χ2n) is 4.39. The predicted octanol–water partition coefficient (Wildman–Crippen LogP) is -0.330. The summed E-state index contributed by atoms with van der Waals surface area (Å²) >= 11 is 0. The van der Waals surface area contributed by atoms with Crippen LogP contribution >= 0.6 is 0 Å². The molecule has 1 atom stereocenters. The summed E-state index contributed by atoms with van der Waals surface area (Å²) in [6, 6.07) is 0. The minimum absolute atomic E-state index is 0.00780. The number of morpholine rings is 1. The van der Waals surface area contributed by atoms with Gasteiger partial charge in [-0.05, 0) is 12.8 Å². The molecule has 1 unspecified atom stereocenters. The first-order chi connectivity index (χ1) is 7.58. The third-order valence-corrected chi connectivity index (χ3v) is 4.96. The molecule has 92 valence electrons. The van der Waals surface area contributed by atoms with Crippen LogP contribution in [0.5, 0.6) is 0 Å². The van der Waals surface area contributed by atoms with Gasteiger partial charge >= 0.3 is 0 Å². The Morgan fingerprint density at radius 2 is 1.94 bits per heavy atom. The van der Waals surface area contributed by atoms with E-state index in [0.29, 0.717) is 39.1 Å². The van der Waals surface area contributed by atoms with Gasteiger partial charge in [0.05, 0.1) is 30.6 Å². The van der Waals surface area contributed by atoms with Crippen molar-refractivity contribution in [2.45, 2.75) is 12.8 Å². The number of sulfone groups is 1. The van der Waals surface area contributed by atoms with E-state index in [4.69, 9.17) is 4.74 Å². The van der Waals surface area contributed by atoms with Gasteiger partial charge in [-0.2, -0.15) is 0 Å². The van der Waals surface area contributed by atoms with Crippen molar-refractivity contribution in [1.29, 1.82) is 0 Å². The van der Waals surface area contributed by atoms with Gasteiger partial charge in [0.2, 0.25) is 5.91 Å². The first-order valence-corrected chi connectivity index (χ1v) is 7.47. The van der Waals surface area contributed by atoms with Gasteiger partial charge in [0.25, 0.3) is 0 Å². The van der Waals surface area contributed by atoms with Crippen molar-refractivity contribution in [3.05, 3.63) is 0 Å². The monoisotopic (exact) mass is 247 g/mol. The third kappa shape index (κ3) is 2.74.